The Bertz CT molecular complexity index is 456. The van der Waals surface area contributed by atoms with Gasteiger partial charge in [0, 0.05) is 25.9 Å². The summed E-state index contributed by atoms with van der Waals surface area (Å²) >= 11 is 0. The second kappa shape index (κ2) is 7.56. The van der Waals surface area contributed by atoms with Gasteiger partial charge >= 0.3 is 5.97 Å². The van der Waals surface area contributed by atoms with Crippen molar-refractivity contribution in [1.29, 1.82) is 0 Å². The Morgan fingerprint density at radius 2 is 1.86 bits per heavy atom. The van der Waals surface area contributed by atoms with E-state index in [2.05, 4.69) is 6.58 Å². The fourth-order valence-electron chi connectivity index (χ4n) is 1.91. The van der Waals surface area contributed by atoms with Crippen molar-refractivity contribution in [2.75, 3.05) is 26.2 Å². The normalized spacial score (nSPS) is 14.3. The van der Waals surface area contributed by atoms with Crippen molar-refractivity contribution in [2.24, 2.45) is 0 Å². The lowest BCUT2D eigenvalue weighted by molar-refractivity contribution is -0.156. The first-order valence-corrected chi connectivity index (χ1v) is 6.76. The van der Waals surface area contributed by atoms with Crippen molar-refractivity contribution in [3.63, 3.8) is 0 Å². The lowest BCUT2D eigenvalue weighted by Crippen LogP contribution is -2.38. The van der Waals surface area contributed by atoms with E-state index in [1.165, 1.54) is 4.90 Å². The summed E-state index contributed by atoms with van der Waals surface area (Å²) in [6.07, 6.45) is 0.237. The van der Waals surface area contributed by atoms with Crippen LogP contribution < -0.4 is 0 Å². The number of likely N-dealkylation sites (N-methyl/N-ethyl adjacent to an activating group) is 1. The zero-order valence-electron chi connectivity index (χ0n) is 12.4. The summed E-state index contributed by atoms with van der Waals surface area (Å²) in [6.45, 7) is 7.37. The number of hydrogen-bond acceptors (Lipinski definition) is 5. The van der Waals surface area contributed by atoms with Gasteiger partial charge in [-0.2, -0.15) is 0 Å². The minimum Gasteiger partial charge on any atom is -0.454 e. The largest absolute Gasteiger partial charge is 0.454 e. The molecular formula is C14H20N2O5. The number of likely N-dealkylation sites (tertiary alicyclic amines) is 1. The lowest BCUT2D eigenvalue weighted by Gasteiger charge is -2.21. The minimum atomic E-state index is -0.765. The van der Waals surface area contributed by atoms with Crippen LogP contribution >= 0.6 is 0 Å². The number of esters is 1. The van der Waals surface area contributed by atoms with E-state index in [9.17, 15) is 19.2 Å². The molecule has 7 heteroatoms. The van der Waals surface area contributed by atoms with Gasteiger partial charge in [0.25, 0.3) is 5.91 Å². The minimum absolute atomic E-state index is 0.118. The molecule has 1 fully saturated rings. The Labute approximate surface area is 123 Å². The highest BCUT2D eigenvalue weighted by Gasteiger charge is 2.31. The molecule has 0 aromatic heterocycles. The summed E-state index contributed by atoms with van der Waals surface area (Å²) in [4.78, 5) is 48.5. The Morgan fingerprint density at radius 1 is 1.29 bits per heavy atom. The molecule has 0 unspecified atom stereocenters. The van der Waals surface area contributed by atoms with Crippen LogP contribution in [0, 0.1) is 0 Å². The third-order valence-corrected chi connectivity index (χ3v) is 2.99. The van der Waals surface area contributed by atoms with Crippen LogP contribution in [-0.2, 0) is 23.9 Å². The van der Waals surface area contributed by atoms with Crippen LogP contribution in [0.4, 0.5) is 0 Å². The number of amides is 3. The Balaban J connectivity index is 2.41. The molecule has 1 heterocycles. The van der Waals surface area contributed by atoms with E-state index in [1.54, 1.807) is 6.92 Å². The number of ether oxygens (including phenoxy) is 1. The molecule has 1 rings (SSSR count). The van der Waals surface area contributed by atoms with Crippen LogP contribution in [0.25, 0.3) is 0 Å². The quantitative estimate of drug-likeness (QED) is 0.378. The van der Waals surface area contributed by atoms with E-state index in [1.807, 2.05) is 6.92 Å². The van der Waals surface area contributed by atoms with E-state index in [0.717, 1.165) is 10.5 Å². The van der Waals surface area contributed by atoms with E-state index in [-0.39, 0.29) is 30.6 Å². The van der Waals surface area contributed by atoms with Crippen LogP contribution in [-0.4, -0.2) is 59.7 Å². The van der Waals surface area contributed by atoms with Crippen molar-refractivity contribution in [3.8, 4) is 0 Å². The van der Waals surface area contributed by atoms with E-state index in [4.69, 9.17) is 4.74 Å². The molecular weight excluding hydrogens is 276 g/mol. The predicted molar refractivity (Wildman–Crippen MR) is 74.0 cm³/mol. The molecule has 1 aliphatic heterocycles. The Hall–Kier alpha value is -2.18. The van der Waals surface area contributed by atoms with Crippen molar-refractivity contribution < 1.29 is 23.9 Å². The van der Waals surface area contributed by atoms with Gasteiger partial charge in [-0.15, -0.1) is 0 Å². The van der Waals surface area contributed by atoms with Crippen molar-refractivity contribution in [3.05, 3.63) is 12.2 Å². The highest BCUT2D eigenvalue weighted by atomic mass is 16.5. The number of nitrogens with zero attached hydrogens (tertiary/aromatic N) is 2. The van der Waals surface area contributed by atoms with Gasteiger partial charge in [0.15, 0.2) is 6.61 Å². The summed E-state index contributed by atoms with van der Waals surface area (Å²) in [6, 6.07) is 0. The van der Waals surface area contributed by atoms with Crippen molar-refractivity contribution in [1.82, 2.24) is 9.80 Å². The number of rotatable bonds is 7. The van der Waals surface area contributed by atoms with Gasteiger partial charge in [0.2, 0.25) is 11.8 Å². The maximum Gasteiger partial charge on any atom is 0.326 e. The molecule has 0 radical (unpaired) electrons. The van der Waals surface area contributed by atoms with Gasteiger partial charge in [0.1, 0.15) is 6.54 Å². The zero-order chi connectivity index (χ0) is 16.0. The molecule has 3 amide bonds. The first-order valence-electron chi connectivity index (χ1n) is 6.76. The van der Waals surface area contributed by atoms with Gasteiger partial charge in [-0.05, 0) is 13.8 Å². The highest BCUT2D eigenvalue weighted by Crippen LogP contribution is 2.11. The molecule has 116 valence electrons. The van der Waals surface area contributed by atoms with E-state index in [0.29, 0.717) is 13.1 Å². The predicted octanol–water partition coefficient (Wildman–Crippen LogP) is 0.103. The van der Waals surface area contributed by atoms with Crippen LogP contribution in [0.1, 0.15) is 26.7 Å². The summed E-state index contributed by atoms with van der Waals surface area (Å²) in [7, 11) is 0. The summed E-state index contributed by atoms with van der Waals surface area (Å²) < 4.78 is 4.82. The maximum absolute atomic E-state index is 11.8. The smallest absolute Gasteiger partial charge is 0.326 e. The van der Waals surface area contributed by atoms with Crippen LogP contribution in [0.2, 0.25) is 0 Å². The first-order chi connectivity index (χ1) is 9.85. The summed E-state index contributed by atoms with van der Waals surface area (Å²) in [5.41, 5.74) is 0.824. The molecule has 0 saturated carbocycles. The van der Waals surface area contributed by atoms with Gasteiger partial charge < -0.3 is 9.64 Å². The third kappa shape index (κ3) is 5.02. The van der Waals surface area contributed by atoms with Crippen LogP contribution in [0.5, 0.6) is 0 Å². The Kier molecular flexibility index (Phi) is 6.08. The molecule has 0 spiro atoms. The molecule has 0 N–H and O–H groups in total. The fourth-order valence-corrected chi connectivity index (χ4v) is 1.91. The second-order valence-corrected chi connectivity index (χ2v) is 4.90. The standard InChI is InChI=1S/C14H20N2O5/c1-4-15(7-10(2)3)13(19)9-21-14(20)8-16-11(17)5-6-12(16)18/h2,4-9H2,1,3H3. The average Bonchev–Trinajstić information content (AvgIpc) is 2.73. The fraction of sp³-hybridized carbons (Fsp3) is 0.571. The monoisotopic (exact) mass is 296 g/mol. The maximum atomic E-state index is 11.8. The molecule has 0 bridgehead atoms. The second-order valence-electron chi connectivity index (χ2n) is 4.90. The van der Waals surface area contributed by atoms with Gasteiger partial charge in [0.05, 0.1) is 0 Å². The summed E-state index contributed by atoms with van der Waals surface area (Å²) in [5, 5.41) is 0. The van der Waals surface area contributed by atoms with Gasteiger partial charge in [-0.25, -0.2) is 0 Å². The molecule has 1 saturated heterocycles. The first kappa shape index (κ1) is 16.9. The number of hydrogen-bond donors (Lipinski definition) is 0. The SMILES string of the molecule is C=C(C)CN(CC)C(=O)COC(=O)CN1C(=O)CCC1=O. The Morgan fingerprint density at radius 3 is 2.33 bits per heavy atom. The van der Waals surface area contributed by atoms with Crippen LogP contribution in [0.15, 0.2) is 12.2 Å². The number of imide groups is 1. The molecule has 7 nitrogen and oxygen atoms in total. The van der Waals surface area contributed by atoms with Gasteiger partial charge in [-0.1, -0.05) is 12.2 Å². The van der Waals surface area contributed by atoms with Crippen LogP contribution in [0.3, 0.4) is 0 Å². The van der Waals surface area contributed by atoms with E-state index < -0.39 is 19.1 Å². The van der Waals surface area contributed by atoms with Gasteiger partial charge in [-0.3, -0.25) is 24.1 Å². The summed E-state index contributed by atoms with van der Waals surface area (Å²) in [5.74, 6) is -1.88. The number of carbonyl (C=O) groups is 4. The lowest BCUT2D eigenvalue weighted by atomic mass is 10.3. The molecule has 0 aromatic carbocycles. The molecule has 0 atom stereocenters. The highest BCUT2D eigenvalue weighted by molar-refractivity contribution is 6.04. The zero-order valence-corrected chi connectivity index (χ0v) is 12.4. The molecule has 0 aliphatic carbocycles. The molecule has 0 aromatic rings. The van der Waals surface area contributed by atoms with E-state index >= 15 is 0 Å². The molecule has 21 heavy (non-hydrogen) atoms. The van der Waals surface area contributed by atoms with Crippen molar-refractivity contribution >= 4 is 23.7 Å². The topological polar surface area (TPSA) is 84.0 Å². The number of carbonyl (C=O) groups excluding carboxylic acids is 4. The average molecular weight is 296 g/mol. The molecule has 1 aliphatic rings. The third-order valence-electron chi connectivity index (χ3n) is 2.99. The van der Waals surface area contributed by atoms with Crippen molar-refractivity contribution in [2.45, 2.75) is 26.7 Å².